The molecule has 0 unspecified atom stereocenters. The van der Waals surface area contributed by atoms with Gasteiger partial charge in [0.2, 0.25) is 0 Å². The predicted octanol–water partition coefficient (Wildman–Crippen LogP) is 4.56. The van der Waals surface area contributed by atoms with E-state index in [0.29, 0.717) is 22.9 Å². The molecule has 0 aliphatic rings. The van der Waals surface area contributed by atoms with Crippen LogP contribution in [-0.2, 0) is 6.54 Å². The van der Waals surface area contributed by atoms with Crippen LogP contribution in [0.5, 0.6) is 0 Å². The number of anilines is 1. The Kier molecular flexibility index (Phi) is 3.75. The van der Waals surface area contributed by atoms with E-state index in [9.17, 15) is 5.26 Å². The molecule has 6 heteroatoms. The average molecular weight is 348 g/mol. The van der Waals surface area contributed by atoms with E-state index < -0.39 is 0 Å². The Morgan fingerprint density at radius 2 is 2.08 bits per heavy atom. The lowest BCUT2D eigenvalue weighted by Crippen LogP contribution is -2.03. The fourth-order valence-corrected chi connectivity index (χ4v) is 3.04. The standard InChI is InChI=1S/C19H14ClN5/c1-11-3-2-4-16-19(11)25-18(24-16)10-22-17-7-12(9-21)14-8-13(20)5-6-15(14)23-17/h2-8H,10H2,1H3,(H,22,23)(H,24,25). The van der Waals surface area contributed by atoms with Gasteiger partial charge < -0.3 is 10.3 Å². The van der Waals surface area contributed by atoms with Gasteiger partial charge in [-0.2, -0.15) is 5.26 Å². The first-order valence-electron chi connectivity index (χ1n) is 7.82. The minimum atomic E-state index is 0.491. The van der Waals surface area contributed by atoms with Crippen LogP contribution in [0.25, 0.3) is 21.9 Å². The number of fused-ring (bicyclic) bond motifs is 2. The molecule has 2 heterocycles. The zero-order valence-corrected chi connectivity index (χ0v) is 14.2. The monoisotopic (exact) mass is 347 g/mol. The second-order valence-corrected chi connectivity index (χ2v) is 6.27. The van der Waals surface area contributed by atoms with Gasteiger partial charge in [0.25, 0.3) is 0 Å². The smallest absolute Gasteiger partial charge is 0.128 e. The maximum absolute atomic E-state index is 9.39. The lowest BCUT2D eigenvalue weighted by molar-refractivity contribution is 1.00. The van der Waals surface area contributed by atoms with Crippen LogP contribution in [0.3, 0.4) is 0 Å². The number of hydrogen-bond donors (Lipinski definition) is 2. The third kappa shape index (κ3) is 2.88. The number of benzene rings is 2. The number of para-hydroxylation sites is 1. The molecule has 0 saturated carbocycles. The minimum absolute atomic E-state index is 0.491. The Balaban J connectivity index is 1.65. The summed E-state index contributed by atoms with van der Waals surface area (Å²) >= 11 is 6.01. The summed E-state index contributed by atoms with van der Waals surface area (Å²) in [6.45, 7) is 2.53. The van der Waals surface area contributed by atoms with E-state index in [4.69, 9.17) is 11.6 Å². The highest BCUT2D eigenvalue weighted by atomic mass is 35.5. The molecule has 4 aromatic rings. The number of rotatable bonds is 3. The second kappa shape index (κ2) is 6.08. The molecular weight excluding hydrogens is 334 g/mol. The Morgan fingerprint density at radius 3 is 2.88 bits per heavy atom. The molecule has 0 spiro atoms. The number of aromatic nitrogens is 3. The van der Waals surface area contributed by atoms with Gasteiger partial charge >= 0.3 is 0 Å². The number of halogens is 1. The first-order valence-corrected chi connectivity index (χ1v) is 8.20. The van der Waals surface area contributed by atoms with Gasteiger partial charge in [-0.25, -0.2) is 9.97 Å². The van der Waals surface area contributed by atoms with Gasteiger partial charge in [-0.1, -0.05) is 23.7 Å². The van der Waals surface area contributed by atoms with Crippen molar-refractivity contribution in [2.45, 2.75) is 13.5 Å². The molecule has 0 bridgehead atoms. The number of aryl methyl sites for hydroxylation is 1. The van der Waals surface area contributed by atoms with Crippen LogP contribution < -0.4 is 5.32 Å². The quantitative estimate of drug-likeness (QED) is 0.569. The number of hydrogen-bond acceptors (Lipinski definition) is 4. The van der Waals surface area contributed by atoms with Crippen molar-refractivity contribution >= 4 is 39.4 Å². The van der Waals surface area contributed by atoms with Crippen molar-refractivity contribution in [3.8, 4) is 6.07 Å². The summed E-state index contributed by atoms with van der Waals surface area (Å²) in [5.41, 5.74) is 4.38. The van der Waals surface area contributed by atoms with Crippen molar-refractivity contribution in [1.82, 2.24) is 15.0 Å². The third-order valence-corrected chi connectivity index (χ3v) is 4.33. The van der Waals surface area contributed by atoms with Crippen LogP contribution in [0.15, 0.2) is 42.5 Å². The Morgan fingerprint density at radius 1 is 1.20 bits per heavy atom. The van der Waals surface area contributed by atoms with Crippen LogP contribution in [0.1, 0.15) is 17.0 Å². The summed E-state index contributed by atoms with van der Waals surface area (Å²) in [5.74, 6) is 1.45. The molecule has 2 N–H and O–H groups in total. The van der Waals surface area contributed by atoms with Crippen LogP contribution in [-0.4, -0.2) is 15.0 Å². The fourth-order valence-electron chi connectivity index (χ4n) is 2.87. The molecule has 122 valence electrons. The number of aromatic amines is 1. The largest absolute Gasteiger partial charge is 0.363 e. The summed E-state index contributed by atoms with van der Waals surface area (Å²) in [4.78, 5) is 12.5. The summed E-state index contributed by atoms with van der Waals surface area (Å²) in [6, 6.07) is 15.3. The number of H-pyrrole nitrogens is 1. The number of nitrogens with one attached hydrogen (secondary N) is 2. The highest BCUT2D eigenvalue weighted by molar-refractivity contribution is 6.31. The first kappa shape index (κ1) is 15.4. The molecule has 0 atom stereocenters. The van der Waals surface area contributed by atoms with E-state index in [1.54, 1.807) is 18.2 Å². The average Bonchev–Trinajstić information content (AvgIpc) is 3.04. The van der Waals surface area contributed by atoms with Crippen molar-refractivity contribution in [1.29, 1.82) is 5.26 Å². The molecule has 0 amide bonds. The van der Waals surface area contributed by atoms with Crippen molar-refractivity contribution in [2.75, 3.05) is 5.32 Å². The summed E-state index contributed by atoms with van der Waals surface area (Å²) in [7, 11) is 0. The van der Waals surface area contributed by atoms with Gasteiger partial charge in [0.15, 0.2) is 0 Å². The van der Waals surface area contributed by atoms with Crippen molar-refractivity contribution in [2.24, 2.45) is 0 Å². The normalized spacial score (nSPS) is 10.9. The van der Waals surface area contributed by atoms with Crippen molar-refractivity contribution < 1.29 is 0 Å². The molecule has 2 aromatic carbocycles. The number of nitrogens with zero attached hydrogens (tertiary/aromatic N) is 3. The Bertz CT molecular complexity index is 1140. The van der Waals surface area contributed by atoms with Gasteiger partial charge in [0, 0.05) is 10.4 Å². The zero-order chi connectivity index (χ0) is 17.4. The fraction of sp³-hybridized carbons (Fsp3) is 0.105. The summed E-state index contributed by atoms with van der Waals surface area (Å²) in [5, 5.41) is 14.0. The Hall–Kier alpha value is -3.10. The zero-order valence-electron chi connectivity index (χ0n) is 13.5. The van der Waals surface area contributed by atoms with E-state index in [1.807, 2.05) is 31.2 Å². The predicted molar refractivity (Wildman–Crippen MR) is 99.6 cm³/mol. The molecule has 0 fully saturated rings. The van der Waals surface area contributed by atoms with Gasteiger partial charge in [-0.3, -0.25) is 0 Å². The maximum atomic E-state index is 9.39. The lowest BCUT2D eigenvalue weighted by Gasteiger charge is -2.07. The molecule has 2 aromatic heterocycles. The van der Waals surface area contributed by atoms with Gasteiger partial charge in [-0.15, -0.1) is 0 Å². The SMILES string of the molecule is Cc1cccc2[nH]c(CNc3cc(C#N)c4cc(Cl)ccc4n3)nc12. The molecular formula is C19H14ClN5. The van der Waals surface area contributed by atoms with E-state index in [2.05, 4.69) is 26.3 Å². The first-order chi connectivity index (χ1) is 12.1. The number of imidazole rings is 1. The van der Waals surface area contributed by atoms with Crippen LogP contribution in [0.4, 0.5) is 5.82 Å². The second-order valence-electron chi connectivity index (χ2n) is 5.84. The van der Waals surface area contributed by atoms with Crippen LogP contribution in [0, 0.1) is 18.3 Å². The van der Waals surface area contributed by atoms with Gasteiger partial charge in [-0.05, 0) is 42.8 Å². The molecule has 0 radical (unpaired) electrons. The summed E-state index contributed by atoms with van der Waals surface area (Å²) in [6.07, 6.45) is 0. The molecule has 0 aliphatic heterocycles. The lowest BCUT2D eigenvalue weighted by atomic mass is 10.1. The van der Waals surface area contributed by atoms with Crippen molar-refractivity contribution in [3.63, 3.8) is 0 Å². The molecule has 0 aliphatic carbocycles. The van der Waals surface area contributed by atoms with Crippen molar-refractivity contribution in [3.05, 3.63) is 64.4 Å². The topological polar surface area (TPSA) is 77.4 Å². The molecule has 25 heavy (non-hydrogen) atoms. The highest BCUT2D eigenvalue weighted by Gasteiger charge is 2.08. The highest BCUT2D eigenvalue weighted by Crippen LogP contribution is 2.24. The molecule has 4 rings (SSSR count). The molecule has 5 nitrogen and oxygen atoms in total. The number of pyridine rings is 1. The maximum Gasteiger partial charge on any atom is 0.128 e. The third-order valence-electron chi connectivity index (χ3n) is 4.09. The Labute approximate surface area is 149 Å². The summed E-state index contributed by atoms with van der Waals surface area (Å²) < 4.78 is 0. The van der Waals surface area contributed by atoms with Gasteiger partial charge in [0.05, 0.1) is 34.7 Å². The van der Waals surface area contributed by atoms with E-state index in [0.717, 1.165) is 33.3 Å². The van der Waals surface area contributed by atoms with E-state index >= 15 is 0 Å². The van der Waals surface area contributed by atoms with Crippen LogP contribution >= 0.6 is 11.6 Å². The number of nitriles is 1. The van der Waals surface area contributed by atoms with Gasteiger partial charge in [0.1, 0.15) is 11.6 Å². The van der Waals surface area contributed by atoms with Crippen LogP contribution in [0.2, 0.25) is 5.02 Å². The molecule has 0 saturated heterocycles. The van der Waals surface area contributed by atoms with E-state index in [1.165, 1.54) is 0 Å². The minimum Gasteiger partial charge on any atom is -0.363 e. The van der Waals surface area contributed by atoms with E-state index in [-0.39, 0.29) is 0 Å².